The number of nitrogens with two attached hydrogens (primary N) is 1. The number of carbonyl (C=O) groups excluding carboxylic acids is 1. The monoisotopic (exact) mass is 280 g/mol. The van der Waals surface area contributed by atoms with Crippen molar-refractivity contribution in [3.05, 3.63) is 23.7 Å². The highest BCUT2D eigenvalue weighted by molar-refractivity contribution is 5.94. The van der Waals surface area contributed by atoms with Gasteiger partial charge in [0, 0.05) is 12.1 Å². The zero-order valence-corrected chi connectivity index (χ0v) is 12.5. The van der Waals surface area contributed by atoms with Gasteiger partial charge in [-0.15, -0.1) is 0 Å². The molecular formula is C14H24N4O2. The molecule has 3 N–H and O–H groups in total. The van der Waals surface area contributed by atoms with E-state index in [9.17, 15) is 4.79 Å². The lowest BCUT2D eigenvalue weighted by atomic mass is 9.75. The van der Waals surface area contributed by atoms with Crippen molar-refractivity contribution in [2.45, 2.75) is 31.3 Å². The predicted molar refractivity (Wildman–Crippen MR) is 77.0 cm³/mol. The van der Waals surface area contributed by atoms with Gasteiger partial charge >= 0.3 is 0 Å². The highest BCUT2D eigenvalue weighted by Gasteiger charge is 2.39. The molecule has 1 aromatic rings. The first kappa shape index (κ1) is 15.0. The standard InChI is InChI=1S/C14H24N4O2/c1-17(2)14(6-4-7-14)10-18(3)9-12-11(5-8-20-12)13(19)16-15/h5,8H,4,6-7,9-10,15H2,1-3H3,(H,16,19). The molecule has 1 heterocycles. The van der Waals surface area contributed by atoms with E-state index in [0.29, 0.717) is 17.9 Å². The molecule has 1 amide bonds. The van der Waals surface area contributed by atoms with E-state index in [1.807, 2.05) is 0 Å². The molecule has 1 aliphatic carbocycles. The van der Waals surface area contributed by atoms with E-state index in [2.05, 4.69) is 36.4 Å². The van der Waals surface area contributed by atoms with Gasteiger partial charge in [0.1, 0.15) is 5.76 Å². The summed E-state index contributed by atoms with van der Waals surface area (Å²) < 4.78 is 5.41. The quantitative estimate of drug-likeness (QED) is 0.458. The Bertz CT molecular complexity index is 465. The fraction of sp³-hybridized carbons (Fsp3) is 0.643. The van der Waals surface area contributed by atoms with Gasteiger partial charge in [-0.2, -0.15) is 0 Å². The lowest BCUT2D eigenvalue weighted by Crippen LogP contribution is -2.56. The van der Waals surface area contributed by atoms with Crippen LogP contribution in [0.1, 0.15) is 35.4 Å². The highest BCUT2D eigenvalue weighted by Crippen LogP contribution is 2.36. The number of nitrogens with zero attached hydrogens (tertiary/aromatic N) is 2. The predicted octanol–water partition coefficient (Wildman–Crippen LogP) is 0.799. The summed E-state index contributed by atoms with van der Waals surface area (Å²) in [6.07, 6.45) is 5.25. The van der Waals surface area contributed by atoms with Crippen LogP contribution in [0, 0.1) is 0 Å². The summed E-state index contributed by atoms with van der Waals surface area (Å²) in [5, 5.41) is 0. The van der Waals surface area contributed by atoms with Crippen molar-refractivity contribution in [3.8, 4) is 0 Å². The van der Waals surface area contributed by atoms with Crippen molar-refractivity contribution in [2.75, 3.05) is 27.7 Å². The van der Waals surface area contributed by atoms with Crippen molar-refractivity contribution in [2.24, 2.45) is 5.84 Å². The average molecular weight is 280 g/mol. The zero-order valence-electron chi connectivity index (χ0n) is 12.5. The Hall–Kier alpha value is -1.37. The molecule has 20 heavy (non-hydrogen) atoms. The van der Waals surface area contributed by atoms with E-state index in [0.717, 1.165) is 6.54 Å². The summed E-state index contributed by atoms with van der Waals surface area (Å²) in [6.45, 7) is 1.57. The number of nitrogens with one attached hydrogen (secondary N) is 1. The largest absolute Gasteiger partial charge is 0.467 e. The molecule has 2 rings (SSSR count). The molecule has 0 aromatic carbocycles. The van der Waals surface area contributed by atoms with E-state index < -0.39 is 0 Å². The summed E-state index contributed by atoms with van der Waals surface area (Å²) >= 11 is 0. The lowest BCUT2D eigenvalue weighted by Gasteiger charge is -2.49. The number of rotatable bonds is 6. The van der Waals surface area contributed by atoms with Crippen LogP contribution < -0.4 is 11.3 Å². The molecule has 0 bridgehead atoms. The van der Waals surface area contributed by atoms with Crippen LogP contribution in [0.5, 0.6) is 0 Å². The zero-order chi connectivity index (χ0) is 14.8. The number of amides is 1. The fourth-order valence-electron chi connectivity index (χ4n) is 2.88. The number of carbonyl (C=O) groups is 1. The van der Waals surface area contributed by atoms with Crippen molar-refractivity contribution >= 4 is 5.91 Å². The number of nitrogen functional groups attached to an aromatic ring is 1. The van der Waals surface area contributed by atoms with Crippen LogP contribution in [-0.4, -0.2) is 48.9 Å². The third kappa shape index (κ3) is 2.87. The van der Waals surface area contributed by atoms with Gasteiger partial charge in [0.15, 0.2) is 0 Å². The molecule has 0 spiro atoms. The lowest BCUT2D eigenvalue weighted by molar-refractivity contribution is 0.0243. The Morgan fingerprint density at radius 2 is 2.15 bits per heavy atom. The first-order chi connectivity index (χ1) is 9.48. The minimum atomic E-state index is -0.312. The topological polar surface area (TPSA) is 74.7 Å². The maximum Gasteiger partial charge on any atom is 0.268 e. The van der Waals surface area contributed by atoms with Gasteiger partial charge in [0.05, 0.1) is 18.4 Å². The van der Waals surface area contributed by atoms with Crippen LogP contribution in [0.25, 0.3) is 0 Å². The molecule has 1 aromatic heterocycles. The number of hydrogen-bond acceptors (Lipinski definition) is 5. The minimum absolute atomic E-state index is 0.262. The molecular weight excluding hydrogens is 256 g/mol. The summed E-state index contributed by atoms with van der Waals surface area (Å²) in [5.41, 5.74) is 2.91. The third-order valence-electron chi connectivity index (χ3n) is 4.33. The van der Waals surface area contributed by atoms with Gasteiger partial charge in [-0.25, -0.2) is 5.84 Å². The van der Waals surface area contributed by atoms with E-state index in [1.165, 1.54) is 25.5 Å². The molecule has 6 heteroatoms. The Morgan fingerprint density at radius 1 is 1.45 bits per heavy atom. The summed E-state index contributed by atoms with van der Waals surface area (Å²) in [7, 11) is 6.32. The van der Waals surface area contributed by atoms with Gasteiger partial charge in [0.2, 0.25) is 0 Å². The summed E-state index contributed by atoms with van der Waals surface area (Å²) in [4.78, 5) is 16.1. The van der Waals surface area contributed by atoms with Gasteiger partial charge in [-0.05, 0) is 46.5 Å². The van der Waals surface area contributed by atoms with Crippen molar-refractivity contribution in [3.63, 3.8) is 0 Å². The number of hydrazine groups is 1. The molecule has 1 aliphatic rings. The molecule has 0 atom stereocenters. The minimum Gasteiger partial charge on any atom is -0.467 e. The van der Waals surface area contributed by atoms with Crippen LogP contribution in [0.15, 0.2) is 16.7 Å². The van der Waals surface area contributed by atoms with Crippen LogP contribution in [0.2, 0.25) is 0 Å². The Labute approximate surface area is 119 Å². The molecule has 112 valence electrons. The molecule has 1 fully saturated rings. The van der Waals surface area contributed by atoms with Crippen LogP contribution in [0.3, 0.4) is 0 Å². The first-order valence-electron chi connectivity index (χ1n) is 6.92. The van der Waals surface area contributed by atoms with E-state index in [1.54, 1.807) is 6.07 Å². The smallest absolute Gasteiger partial charge is 0.268 e. The normalized spacial score (nSPS) is 17.3. The van der Waals surface area contributed by atoms with Crippen LogP contribution in [-0.2, 0) is 6.54 Å². The molecule has 0 radical (unpaired) electrons. The number of furan rings is 1. The van der Waals surface area contributed by atoms with Crippen molar-refractivity contribution < 1.29 is 9.21 Å². The Kier molecular flexibility index (Phi) is 4.47. The van der Waals surface area contributed by atoms with Crippen LogP contribution >= 0.6 is 0 Å². The number of likely N-dealkylation sites (N-methyl/N-ethyl adjacent to an activating group) is 2. The van der Waals surface area contributed by atoms with E-state index in [-0.39, 0.29) is 11.4 Å². The van der Waals surface area contributed by atoms with Gasteiger partial charge in [-0.1, -0.05) is 0 Å². The van der Waals surface area contributed by atoms with Gasteiger partial charge in [-0.3, -0.25) is 15.1 Å². The van der Waals surface area contributed by atoms with Crippen LogP contribution in [0.4, 0.5) is 0 Å². The first-order valence-corrected chi connectivity index (χ1v) is 6.92. The van der Waals surface area contributed by atoms with E-state index in [4.69, 9.17) is 10.3 Å². The average Bonchev–Trinajstić information content (AvgIpc) is 2.80. The van der Waals surface area contributed by atoms with E-state index >= 15 is 0 Å². The van der Waals surface area contributed by atoms with Crippen molar-refractivity contribution in [1.82, 2.24) is 15.2 Å². The second-order valence-electron chi connectivity index (χ2n) is 5.88. The van der Waals surface area contributed by atoms with Crippen molar-refractivity contribution in [1.29, 1.82) is 0 Å². The second-order valence-corrected chi connectivity index (χ2v) is 5.88. The van der Waals surface area contributed by atoms with Gasteiger partial charge in [0.25, 0.3) is 5.91 Å². The maximum absolute atomic E-state index is 11.6. The molecule has 0 saturated heterocycles. The third-order valence-corrected chi connectivity index (χ3v) is 4.33. The fourth-order valence-corrected chi connectivity index (χ4v) is 2.88. The molecule has 0 aliphatic heterocycles. The Morgan fingerprint density at radius 3 is 2.65 bits per heavy atom. The highest BCUT2D eigenvalue weighted by atomic mass is 16.3. The van der Waals surface area contributed by atoms with Gasteiger partial charge < -0.3 is 9.32 Å². The summed E-state index contributed by atoms with van der Waals surface area (Å²) in [6, 6.07) is 1.65. The number of hydrogen-bond donors (Lipinski definition) is 2. The molecule has 1 saturated carbocycles. The maximum atomic E-state index is 11.6. The second kappa shape index (κ2) is 5.95. The molecule has 6 nitrogen and oxygen atoms in total. The Balaban J connectivity index is 2.00. The SMILES string of the molecule is CN(Cc1occc1C(=O)NN)CC1(N(C)C)CCC1. The molecule has 0 unspecified atom stereocenters. The summed E-state index contributed by atoms with van der Waals surface area (Å²) in [5.74, 6) is 5.52.